The predicted octanol–water partition coefficient (Wildman–Crippen LogP) is 1.77. The van der Waals surface area contributed by atoms with E-state index < -0.39 is 0 Å². The second kappa shape index (κ2) is 6.04. The molecule has 0 radical (unpaired) electrons. The quantitative estimate of drug-likeness (QED) is 0.899. The first-order valence-corrected chi connectivity index (χ1v) is 6.40. The van der Waals surface area contributed by atoms with E-state index in [-0.39, 0.29) is 11.8 Å². The molecule has 1 aromatic rings. The summed E-state index contributed by atoms with van der Waals surface area (Å²) in [7, 11) is 0. The maximum atomic E-state index is 12.3. The summed E-state index contributed by atoms with van der Waals surface area (Å²) in [5.74, 6) is -0.301. The zero-order valence-corrected chi connectivity index (χ0v) is 11.4. The standard InChI is InChI=1S/C13H15ClN2O3/c1-9(17)15-12-8-10(2-3-11(12)14)13(18)16-4-6-19-7-5-16/h2-3,8H,4-7H2,1H3,(H,15,17). The monoisotopic (exact) mass is 282 g/mol. The van der Waals surface area contributed by atoms with Crippen LogP contribution in [0.3, 0.4) is 0 Å². The third-order valence-corrected chi connectivity index (χ3v) is 3.15. The van der Waals surface area contributed by atoms with Crippen molar-refractivity contribution in [1.82, 2.24) is 4.90 Å². The van der Waals surface area contributed by atoms with Crippen LogP contribution in [-0.2, 0) is 9.53 Å². The average molecular weight is 283 g/mol. The van der Waals surface area contributed by atoms with Crippen molar-refractivity contribution in [2.24, 2.45) is 0 Å². The summed E-state index contributed by atoms with van der Waals surface area (Å²) in [5.41, 5.74) is 0.961. The molecule has 1 aliphatic heterocycles. The molecule has 102 valence electrons. The molecule has 0 saturated carbocycles. The molecule has 0 unspecified atom stereocenters. The third-order valence-electron chi connectivity index (χ3n) is 2.82. The van der Waals surface area contributed by atoms with Crippen molar-refractivity contribution in [3.8, 4) is 0 Å². The molecule has 1 aromatic carbocycles. The number of nitrogens with one attached hydrogen (secondary N) is 1. The molecule has 1 N–H and O–H groups in total. The molecule has 0 aliphatic carbocycles. The van der Waals surface area contributed by atoms with Crippen LogP contribution < -0.4 is 5.32 Å². The summed E-state index contributed by atoms with van der Waals surface area (Å²) in [6.45, 7) is 3.66. The second-order valence-corrected chi connectivity index (χ2v) is 4.69. The van der Waals surface area contributed by atoms with Gasteiger partial charge in [-0.1, -0.05) is 11.6 Å². The molecule has 2 amide bonds. The van der Waals surface area contributed by atoms with Gasteiger partial charge in [0.05, 0.1) is 23.9 Å². The Hall–Kier alpha value is -1.59. The highest BCUT2D eigenvalue weighted by atomic mass is 35.5. The van der Waals surface area contributed by atoms with Crippen LogP contribution in [0.5, 0.6) is 0 Å². The lowest BCUT2D eigenvalue weighted by atomic mass is 10.1. The number of benzene rings is 1. The highest BCUT2D eigenvalue weighted by Crippen LogP contribution is 2.24. The van der Waals surface area contributed by atoms with Crippen LogP contribution in [0.4, 0.5) is 5.69 Å². The fourth-order valence-corrected chi connectivity index (χ4v) is 2.06. The van der Waals surface area contributed by atoms with E-state index in [2.05, 4.69) is 5.32 Å². The van der Waals surface area contributed by atoms with Crippen LogP contribution in [-0.4, -0.2) is 43.0 Å². The fourth-order valence-electron chi connectivity index (χ4n) is 1.89. The number of nitrogens with zero attached hydrogens (tertiary/aromatic N) is 1. The van der Waals surface area contributed by atoms with Crippen molar-refractivity contribution >= 4 is 29.1 Å². The average Bonchev–Trinajstić information content (AvgIpc) is 2.41. The molecule has 5 nitrogen and oxygen atoms in total. The van der Waals surface area contributed by atoms with Crippen LogP contribution in [0.25, 0.3) is 0 Å². The van der Waals surface area contributed by atoms with E-state index in [0.29, 0.717) is 42.6 Å². The minimum atomic E-state index is -0.224. The maximum absolute atomic E-state index is 12.3. The molecule has 2 rings (SSSR count). The van der Waals surface area contributed by atoms with Gasteiger partial charge in [-0.15, -0.1) is 0 Å². The minimum absolute atomic E-state index is 0.0773. The molecular formula is C13H15ClN2O3. The largest absolute Gasteiger partial charge is 0.378 e. The lowest BCUT2D eigenvalue weighted by molar-refractivity contribution is -0.114. The molecule has 1 heterocycles. The summed E-state index contributed by atoms with van der Waals surface area (Å²) in [6, 6.07) is 4.87. The number of ether oxygens (including phenoxy) is 1. The number of rotatable bonds is 2. The third kappa shape index (κ3) is 3.45. The normalized spacial score (nSPS) is 15.2. The van der Waals surface area contributed by atoms with Gasteiger partial charge in [0.15, 0.2) is 0 Å². The van der Waals surface area contributed by atoms with Crippen molar-refractivity contribution in [1.29, 1.82) is 0 Å². The first-order chi connectivity index (χ1) is 9.08. The number of morpholine rings is 1. The SMILES string of the molecule is CC(=O)Nc1cc(C(=O)N2CCOCC2)ccc1Cl. The van der Waals surface area contributed by atoms with Gasteiger partial charge in [-0.3, -0.25) is 9.59 Å². The Balaban J connectivity index is 2.19. The number of amides is 2. The molecular weight excluding hydrogens is 268 g/mol. The lowest BCUT2D eigenvalue weighted by Crippen LogP contribution is -2.40. The molecule has 6 heteroatoms. The van der Waals surface area contributed by atoms with Gasteiger partial charge in [-0.05, 0) is 18.2 Å². The Morgan fingerprint density at radius 1 is 1.32 bits per heavy atom. The van der Waals surface area contributed by atoms with E-state index in [1.807, 2.05) is 0 Å². The lowest BCUT2D eigenvalue weighted by Gasteiger charge is -2.27. The van der Waals surface area contributed by atoms with Crippen molar-refractivity contribution in [3.63, 3.8) is 0 Å². The first kappa shape index (κ1) is 13.8. The molecule has 0 bridgehead atoms. The van der Waals surface area contributed by atoms with E-state index in [9.17, 15) is 9.59 Å². The zero-order chi connectivity index (χ0) is 13.8. The molecule has 0 aromatic heterocycles. The highest BCUT2D eigenvalue weighted by Gasteiger charge is 2.19. The number of hydrogen-bond donors (Lipinski definition) is 1. The van der Waals surface area contributed by atoms with Crippen molar-refractivity contribution in [2.75, 3.05) is 31.6 Å². The van der Waals surface area contributed by atoms with Gasteiger partial charge in [-0.25, -0.2) is 0 Å². The molecule has 19 heavy (non-hydrogen) atoms. The molecule has 0 spiro atoms. The molecule has 0 atom stereocenters. The zero-order valence-electron chi connectivity index (χ0n) is 10.6. The van der Waals surface area contributed by atoms with Crippen molar-refractivity contribution in [3.05, 3.63) is 28.8 Å². The molecule has 1 aliphatic rings. The Labute approximate surface area is 116 Å². The van der Waals surface area contributed by atoms with E-state index in [1.165, 1.54) is 6.92 Å². The topological polar surface area (TPSA) is 58.6 Å². The predicted molar refractivity (Wildman–Crippen MR) is 72.5 cm³/mol. The highest BCUT2D eigenvalue weighted by molar-refractivity contribution is 6.33. The summed E-state index contributed by atoms with van der Waals surface area (Å²) >= 11 is 5.97. The fraction of sp³-hybridized carbons (Fsp3) is 0.385. The van der Waals surface area contributed by atoms with Crippen molar-refractivity contribution in [2.45, 2.75) is 6.92 Å². The molecule has 1 fully saturated rings. The summed E-state index contributed by atoms with van der Waals surface area (Å²) in [4.78, 5) is 25.1. The number of carbonyl (C=O) groups is 2. The molecule has 1 saturated heterocycles. The van der Waals surface area contributed by atoms with Gasteiger partial charge in [0, 0.05) is 25.6 Å². The number of anilines is 1. The van der Waals surface area contributed by atoms with Crippen LogP contribution >= 0.6 is 11.6 Å². The van der Waals surface area contributed by atoms with Crippen LogP contribution in [0.15, 0.2) is 18.2 Å². The van der Waals surface area contributed by atoms with Gasteiger partial charge in [-0.2, -0.15) is 0 Å². The summed E-state index contributed by atoms with van der Waals surface area (Å²) in [5, 5.41) is 3.02. The Kier molecular flexibility index (Phi) is 4.39. The van der Waals surface area contributed by atoms with Gasteiger partial charge < -0.3 is 15.0 Å². The van der Waals surface area contributed by atoms with Gasteiger partial charge in [0.2, 0.25) is 5.91 Å². The van der Waals surface area contributed by atoms with Crippen molar-refractivity contribution < 1.29 is 14.3 Å². The van der Waals surface area contributed by atoms with Gasteiger partial charge in [0.25, 0.3) is 5.91 Å². The van der Waals surface area contributed by atoms with Gasteiger partial charge in [0.1, 0.15) is 0 Å². The number of hydrogen-bond acceptors (Lipinski definition) is 3. The van der Waals surface area contributed by atoms with Crippen LogP contribution in [0.1, 0.15) is 17.3 Å². The van der Waals surface area contributed by atoms with Crippen LogP contribution in [0, 0.1) is 0 Å². The van der Waals surface area contributed by atoms with E-state index in [4.69, 9.17) is 16.3 Å². The van der Waals surface area contributed by atoms with Crippen LogP contribution in [0.2, 0.25) is 5.02 Å². The Bertz CT molecular complexity index is 499. The Morgan fingerprint density at radius 2 is 2.00 bits per heavy atom. The number of carbonyl (C=O) groups excluding carboxylic acids is 2. The Morgan fingerprint density at radius 3 is 2.63 bits per heavy atom. The summed E-state index contributed by atoms with van der Waals surface area (Å²) in [6.07, 6.45) is 0. The number of halogens is 1. The summed E-state index contributed by atoms with van der Waals surface area (Å²) < 4.78 is 5.21. The van der Waals surface area contributed by atoms with E-state index in [1.54, 1.807) is 23.1 Å². The second-order valence-electron chi connectivity index (χ2n) is 4.28. The minimum Gasteiger partial charge on any atom is -0.378 e. The first-order valence-electron chi connectivity index (χ1n) is 6.02. The van der Waals surface area contributed by atoms with Gasteiger partial charge >= 0.3 is 0 Å². The van der Waals surface area contributed by atoms with E-state index >= 15 is 0 Å². The smallest absolute Gasteiger partial charge is 0.254 e. The maximum Gasteiger partial charge on any atom is 0.254 e. The van der Waals surface area contributed by atoms with E-state index in [0.717, 1.165) is 0 Å².